The molecule has 5 heteroatoms. The smallest absolute Gasteiger partial charge is 0.332 e. The van der Waals surface area contributed by atoms with Crippen LogP contribution in [0.25, 0.3) is 0 Å². The van der Waals surface area contributed by atoms with Crippen LogP contribution in [0.2, 0.25) is 0 Å². The van der Waals surface area contributed by atoms with E-state index in [1.54, 1.807) is 12.1 Å². The molecule has 1 rings (SSSR count). The lowest BCUT2D eigenvalue weighted by atomic mass is 10.3. The number of amides is 1. The Bertz CT molecular complexity index is 338. The summed E-state index contributed by atoms with van der Waals surface area (Å²) in [6.45, 7) is 1.85. The Morgan fingerprint density at radius 3 is 2.87 bits per heavy atom. The number of hydrogen-bond donors (Lipinski definition) is 1. The number of carbonyl (C=O) groups is 2. The summed E-state index contributed by atoms with van der Waals surface area (Å²) in [5, 5.41) is 0. The van der Waals surface area contributed by atoms with Crippen LogP contribution in [0.3, 0.4) is 0 Å². The van der Waals surface area contributed by atoms with Gasteiger partial charge in [-0.05, 0) is 18.6 Å². The molecule has 1 N–H and O–H groups in total. The van der Waals surface area contributed by atoms with Crippen LogP contribution < -0.4 is 5.48 Å². The zero-order valence-electron chi connectivity index (χ0n) is 8.40. The topological polar surface area (TPSA) is 68.3 Å². The van der Waals surface area contributed by atoms with Crippen LogP contribution in [0, 0.1) is 0 Å². The average molecular weight is 208 g/mol. The molecule has 0 saturated heterocycles. The predicted octanol–water partition coefficient (Wildman–Crippen LogP) is 1.07. The van der Waals surface area contributed by atoms with Gasteiger partial charge in [-0.25, -0.2) is 4.79 Å². The lowest BCUT2D eigenvalue weighted by Gasteiger charge is -2.03. The Morgan fingerprint density at radius 2 is 2.27 bits per heavy atom. The molecule has 0 radical (unpaired) electrons. The quantitative estimate of drug-likeness (QED) is 0.754. The van der Waals surface area contributed by atoms with E-state index in [1.807, 2.05) is 12.4 Å². The maximum absolute atomic E-state index is 11.3. The van der Waals surface area contributed by atoms with E-state index in [2.05, 4.69) is 9.82 Å². The Balaban J connectivity index is 2.40. The summed E-state index contributed by atoms with van der Waals surface area (Å²) >= 11 is 0. The van der Waals surface area contributed by atoms with E-state index >= 15 is 0 Å². The summed E-state index contributed by atoms with van der Waals surface area (Å²) < 4.78 is 0. The van der Waals surface area contributed by atoms with E-state index in [9.17, 15) is 9.59 Å². The van der Waals surface area contributed by atoms with Gasteiger partial charge in [0.15, 0.2) is 0 Å². The maximum Gasteiger partial charge on any atom is 0.332 e. The van der Waals surface area contributed by atoms with Crippen molar-refractivity contribution < 1.29 is 14.4 Å². The van der Waals surface area contributed by atoms with Gasteiger partial charge in [-0.15, -0.1) is 0 Å². The molecule has 1 aromatic heterocycles. The molecule has 0 aliphatic carbocycles. The van der Waals surface area contributed by atoms with Gasteiger partial charge in [-0.2, -0.15) is 5.48 Å². The third kappa shape index (κ3) is 3.76. The third-order valence-electron chi connectivity index (χ3n) is 1.61. The normalized spacial score (nSPS) is 9.40. The zero-order chi connectivity index (χ0) is 11.1. The van der Waals surface area contributed by atoms with Crippen LogP contribution in [0.4, 0.5) is 0 Å². The number of aromatic nitrogens is 1. The number of carbonyl (C=O) groups excluding carboxylic acids is 2. The largest absolute Gasteiger partial charge is 0.340 e. The Labute approximate surface area is 87.4 Å². The van der Waals surface area contributed by atoms with Gasteiger partial charge in [-0.3, -0.25) is 9.78 Å². The number of hydroxylamine groups is 1. The minimum Gasteiger partial charge on any atom is -0.340 e. The van der Waals surface area contributed by atoms with Gasteiger partial charge in [-0.1, -0.05) is 13.0 Å². The van der Waals surface area contributed by atoms with E-state index in [0.717, 1.165) is 0 Å². The van der Waals surface area contributed by atoms with Crippen molar-refractivity contribution in [3.8, 4) is 0 Å². The fourth-order valence-electron chi connectivity index (χ4n) is 0.908. The Kier molecular flexibility index (Phi) is 4.28. The highest BCUT2D eigenvalue weighted by Crippen LogP contribution is 1.94. The van der Waals surface area contributed by atoms with Gasteiger partial charge in [0.2, 0.25) is 0 Å². The first-order valence-corrected chi connectivity index (χ1v) is 4.65. The van der Waals surface area contributed by atoms with Gasteiger partial charge < -0.3 is 4.84 Å². The molecule has 15 heavy (non-hydrogen) atoms. The second-order valence-corrected chi connectivity index (χ2v) is 2.87. The van der Waals surface area contributed by atoms with Crippen LogP contribution in [-0.2, 0) is 9.63 Å². The monoisotopic (exact) mass is 208 g/mol. The molecule has 80 valence electrons. The van der Waals surface area contributed by atoms with Crippen molar-refractivity contribution in [3.05, 3.63) is 30.1 Å². The van der Waals surface area contributed by atoms with Crippen molar-refractivity contribution in [2.24, 2.45) is 0 Å². The predicted molar refractivity (Wildman–Crippen MR) is 52.7 cm³/mol. The second-order valence-electron chi connectivity index (χ2n) is 2.87. The molecular weight excluding hydrogens is 196 g/mol. The van der Waals surface area contributed by atoms with E-state index < -0.39 is 11.9 Å². The van der Waals surface area contributed by atoms with Crippen LogP contribution in [0.5, 0.6) is 0 Å². The van der Waals surface area contributed by atoms with Gasteiger partial charge in [0.05, 0.1) is 0 Å². The average Bonchev–Trinajstić information content (AvgIpc) is 2.27. The molecule has 1 heterocycles. The molecule has 0 spiro atoms. The summed E-state index contributed by atoms with van der Waals surface area (Å²) in [4.78, 5) is 30.5. The summed E-state index contributed by atoms with van der Waals surface area (Å²) in [5.74, 6) is -0.984. The number of pyridine rings is 1. The van der Waals surface area contributed by atoms with E-state index in [1.165, 1.54) is 12.3 Å². The second kappa shape index (κ2) is 5.74. The van der Waals surface area contributed by atoms with Gasteiger partial charge in [0, 0.05) is 12.6 Å². The molecule has 0 atom stereocenters. The molecule has 1 aromatic rings. The van der Waals surface area contributed by atoms with Crippen LogP contribution in [0.1, 0.15) is 30.3 Å². The van der Waals surface area contributed by atoms with Crippen molar-refractivity contribution in [1.29, 1.82) is 0 Å². The molecule has 0 aliphatic rings. The van der Waals surface area contributed by atoms with Crippen molar-refractivity contribution in [2.75, 3.05) is 0 Å². The number of nitrogens with one attached hydrogen (secondary N) is 1. The lowest BCUT2D eigenvalue weighted by molar-refractivity contribution is -0.149. The van der Waals surface area contributed by atoms with Gasteiger partial charge in [0.25, 0.3) is 0 Å². The third-order valence-corrected chi connectivity index (χ3v) is 1.61. The number of hydrogen-bond acceptors (Lipinski definition) is 4. The maximum atomic E-state index is 11.3. The molecule has 0 aliphatic heterocycles. The first-order valence-electron chi connectivity index (χ1n) is 4.65. The summed E-state index contributed by atoms with van der Waals surface area (Å²) in [7, 11) is 0. The summed E-state index contributed by atoms with van der Waals surface area (Å²) in [5.41, 5.74) is 2.24. The molecule has 0 fully saturated rings. The molecule has 1 amide bonds. The summed E-state index contributed by atoms with van der Waals surface area (Å²) in [6.07, 6.45) is 2.45. The van der Waals surface area contributed by atoms with E-state index in [4.69, 9.17) is 0 Å². The minimum atomic E-state index is -0.528. The molecule has 5 nitrogen and oxygen atoms in total. The molecular formula is C10H12N2O3. The highest BCUT2D eigenvalue weighted by atomic mass is 16.7. The van der Waals surface area contributed by atoms with E-state index in [0.29, 0.717) is 6.42 Å². The van der Waals surface area contributed by atoms with Crippen molar-refractivity contribution in [3.63, 3.8) is 0 Å². The van der Waals surface area contributed by atoms with Gasteiger partial charge in [0.1, 0.15) is 5.69 Å². The first kappa shape index (κ1) is 11.2. The molecule has 0 unspecified atom stereocenters. The number of nitrogens with zero attached hydrogens (tertiary/aromatic N) is 1. The Hall–Kier alpha value is -1.91. The lowest BCUT2D eigenvalue weighted by Crippen LogP contribution is -2.27. The molecule has 0 aromatic carbocycles. The summed E-state index contributed by atoms with van der Waals surface area (Å²) in [6, 6.07) is 4.90. The minimum absolute atomic E-state index is 0.210. The zero-order valence-corrected chi connectivity index (χ0v) is 8.40. The SMILES string of the molecule is CCCC(=O)ONC(=O)c1ccccn1. The molecule has 0 saturated carbocycles. The highest BCUT2D eigenvalue weighted by Gasteiger charge is 2.08. The van der Waals surface area contributed by atoms with Crippen molar-refractivity contribution in [1.82, 2.24) is 10.5 Å². The number of rotatable bonds is 3. The highest BCUT2D eigenvalue weighted by molar-refractivity contribution is 5.92. The van der Waals surface area contributed by atoms with Crippen molar-refractivity contribution >= 4 is 11.9 Å². The van der Waals surface area contributed by atoms with Crippen LogP contribution in [-0.4, -0.2) is 16.9 Å². The fourth-order valence-corrected chi connectivity index (χ4v) is 0.908. The first-order chi connectivity index (χ1) is 7.24. The van der Waals surface area contributed by atoms with Crippen molar-refractivity contribution in [2.45, 2.75) is 19.8 Å². The van der Waals surface area contributed by atoms with Crippen LogP contribution >= 0.6 is 0 Å². The Morgan fingerprint density at radius 1 is 1.47 bits per heavy atom. The van der Waals surface area contributed by atoms with E-state index in [-0.39, 0.29) is 12.1 Å². The van der Waals surface area contributed by atoms with Gasteiger partial charge >= 0.3 is 11.9 Å². The molecule has 0 bridgehead atoms. The standard InChI is InChI=1S/C10H12N2O3/c1-2-5-9(13)15-12-10(14)8-6-3-4-7-11-8/h3-4,6-7H,2,5H2,1H3,(H,12,14). The fraction of sp³-hybridized carbons (Fsp3) is 0.300. The van der Waals surface area contributed by atoms with Crippen LogP contribution in [0.15, 0.2) is 24.4 Å².